The predicted molar refractivity (Wildman–Crippen MR) is 60.5 cm³/mol. The lowest BCUT2D eigenvalue weighted by molar-refractivity contribution is -0.136. The van der Waals surface area contributed by atoms with Crippen molar-refractivity contribution in [1.29, 1.82) is 0 Å². The van der Waals surface area contributed by atoms with Gasteiger partial charge in [-0.05, 0) is 12.1 Å². The smallest absolute Gasteiger partial charge is 0.359 e. The van der Waals surface area contributed by atoms with E-state index >= 15 is 0 Å². The highest BCUT2D eigenvalue weighted by atomic mass is 16.4. The van der Waals surface area contributed by atoms with Crippen LogP contribution in [0.25, 0.3) is 0 Å². The van der Waals surface area contributed by atoms with E-state index in [0.717, 1.165) is 0 Å². The number of azo groups is 1. The first-order chi connectivity index (χ1) is 8.50. The van der Waals surface area contributed by atoms with Gasteiger partial charge in [0.15, 0.2) is 0 Å². The molecule has 0 saturated carbocycles. The van der Waals surface area contributed by atoms with Crippen molar-refractivity contribution in [3.63, 3.8) is 0 Å². The van der Waals surface area contributed by atoms with Gasteiger partial charge in [-0.3, -0.25) is 4.79 Å². The van der Waals surface area contributed by atoms with E-state index in [0.29, 0.717) is 5.69 Å². The van der Waals surface area contributed by atoms with Crippen LogP contribution in [0.15, 0.2) is 52.0 Å². The Labute approximate surface area is 102 Å². The number of rotatable bonds is 5. The van der Waals surface area contributed by atoms with Crippen molar-refractivity contribution in [2.45, 2.75) is 6.42 Å². The minimum absolute atomic E-state index is 0.388. The maximum absolute atomic E-state index is 10.8. The summed E-state index contributed by atoms with van der Waals surface area (Å²) in [6.45, 7) is 0. The van der Waals surface area contributed by atoms with Crippen LogP contribution in [0.2, 0.25) is 0 Å². The summed E-state index contributed by atoms with van der Waals surface area (Å²) >= 11 is 0. The minimum Gasteiger partial charge on any atom is -0.509 e. The summed E-state index contributed by atoms with van der Waals surface area (Å²) in [5.41, 5.74) is -0.402. The second-order valence-electron chi connectivity index (χ2n) is 3.21. The van der Waals surface area contributed by atoms with Crippen LogP contribution in [0, 0.1) is 0 Å². The molecule has 1 aromatic rings. The van der Waals surface area contributed by atoms with Crippen molar-refractivity contribution in [3.05, 3.63) is 41.8 Å². The quantitative estimate of drug-likeness (QED) is 0.420. The summed E-state index contributed by atoms with van der Waals surface area (Å²) in [4.78, 5) is 21.1. The van der Waals surface area contributed by atoms with E-state index < -0.39 is 29.8 Å². The molecule has 0 saturated heterocycles. The maximum Gasteiger partial charge on any atom is 0.359 e. The normalized spacial score (nSPS) is 12.2. The molecular weight excluding hydrogens is 240 g/mol. The lowest BCUT2D eigenvalue weighted by Crippen LogP contribution is -2.06. The molecule has 0 fully saturated rings. The van der Waals surface area contributed by atoms with Crippen LogP contribution < -0.4 is 0 Å². The van der Waals surface area contributed by atoms with Crippen LogP contribution in [0.1, 0.15) is 6.42 Å². The Morgan fingerprint density at radius 1 is 1.06 bits per heavy atom. The Morgan fingerprint density at radius 2 is 1.67 bits per heavy atom. The highest BCUT2D eigenvalue weighted by Gasteiger charge is 2.16. The van der Waals surface area contributed by atoms with Gasteiger partial charge in [-0.1, -0.05) is 18.2 Å². The van der Waals surface area contributed by atoms with Crippen molar-refractivity contribution >= 4 is 17.6 Å². The molecule has 7 heteroatoms. The monoisotopic (exact) mass is 250 g/mol. The zero-order chi connectivity index (χ0) is 13.5. The topological polar surface area (TPSA) is 120 Å². The average molecular weight is 250 g/mol. The predicted octanol–water partition coefficient (Wildman–Crippen LogP) is 2.10. The number of nitrogens with zero attached hydrogens (tertiary/aromatic N) is 2. The number of carboxylic acid groups (broad SMARTS) is 2. The van der Waals surface area contributed by atoms with E-state index in [2.05, 4.69) is 10.2 Å². The number of aliphatic hydroxyl groups excluding tert-OH is 1. The first-order valence-corrected chi connectivity index (χ1v) is 4.84. The number of benzene rings is 1. The second-order valence-corrected chi connectivity index (χ2v) is 3.21. The third-order valence-electron chi connectivity index (χ3n) is 1.82. The van der Waals surface area contributed by atoms with Crippen LogP contribution in [0.3, 0.4) is 0 Å². The highest BCUT2D eigenvalue weighted by molar-refractivity contribution is 5.87. The van der Waals surface area contributed by atoms with E-state index in [4.69, 9.17) is 10.2 Å². The highest BCUT2D eigenvalue weighted by Crippen LogP contribution is 2.15. The zero-order valence-electron chi connectivity index (χ0n) is 9.15. The molecule has 0 aliphatic heterocycles. The van der Waals surface area contributed by atoms with E-state index in [1.54, 1.807) is 30.3 Å². The Bertz CT molecular complexity index is 507. The SMILES string of the molecule is O=C(O)CC(O)=C(N=Nc1ccccc1)C(=O)O. The minimum atomic E-state index is -1.55. The van der Waals surface area contributed by atoms with Crippen molar-refractivity contribution in [2.75, 3.05) is 0 Å². The van der Waals surface area contributed by atoms with Crippen LogP contribution in [-0.4, -0.2) is 27.3 Å². The number of carboxylic acids is 2. The molecule has 0 bridgehead atoms. The number of aliphatic carboxylic acids is 2. The van der Waals surface area contributed by atoms with Crippen molar-refractivity contribution < 1.29 is 24.9 Å². The van der Waals surface area contributed by atoms with Gasteiger partial charge in [0.2, 0.25) is 5.70 Å². The van der Waals surface area contributed by atoms with E-state index in [9.17, 15) is 14.7 Å². The van der Waals surface area contributed by atoms with Crippen LogP contribution in [0.5, 0.6) is 0 Å². The molecule has 0 atom stereocenters. The molecule has 0 aliphatic carbocycles. The lowest BCUT2D eigenvalue weighted by atomic mass is 10.3. The largest absolute Gasteiger partial charge is 0.509 e. The van der Waals surface area contributed by atoms with Gasteiger partial charge < -0.3 is 15.3 Å². The molecule has 18 heavy (non-hydrogen) atoms. The summed E-state index contributed by atoms with van der Waals surface area (Å²) in [7, 11) is 0. The van der Waals surface area contributed by atoms with Crippen LogP contribution >= 0.6 is 0 Å². The van der Waals surface area contributed by atoms with Crippen LogP contribution in [-0.2, 0) is 9.59 Å². The third-order valence-corrected chi connectivity index (χ3v) is 1.82. The maximum atomic E-state index is 10.8. The second kappa shape index (κ2) is 6.14. The fourth-order valence-electron chi connectivity index (χ4n) is 1.05. The fourth-order valence-corrected chi connectivity index (χ4v) is 1.05. The van der Waals surface area contributed by atoms with E-state index in [1.165, 1.54) is 0 Å². The first kappa shape index (κ1) is 13.4. The van der Waals surface area contributed by atoms with Gasteiger partial charge in [0, 0.05) is 0 Å². The summed E-state index contributed by atoms with van der Waals surface area (Å²) < 4.78 is 0. The number of aliphatic hydroxyl groups is 1. The van der Waals surface area contributed by atoms with E-state index in [1.807, 2.05) is 0 Å². The molecule has 0 aliphatic rings. The Balaban J connectivity index is 2.98. The molecule has 3 N–H and O–H groups in total. The van der Waals surface area contributed by atoms with Gasteiger partial charge in [-0.25, -0.2) is 4.79 Å². The van der Waals surface area contributed by atoms with Gasteiger partial charge in [0.25, 0.3) is 0 Å². The van der Waals surface area contributed by atoms with Gasteiger partial charge in [-0.2, -0.15) is 5.11 Å². The number of hydrogen-bond acceptors (Lipinski definition) is 5. The van der Waals surface area contributed by atoms with Gasteiger partial charge in [0.05, 0.1) is 5.69 Å². The molecule has 0 radical (unpaired) electrons. The zero-order valence-corrected chi connectivity index (χ0v) is 9.15. The van der Waals surface area contributed by atoms with E-state index in [-0.39, 0.29) is 0 Å². The molecule has 0 spiro atoms. The molecule has 0 amide bonds. The van der Waals surface area contributed by atoms with Crippen molar-refractivity contribution in [1.82, 2.24) is 0 Å². The van der Waals surface area contributed by atoms with Crippen LogP contribution in [0.4, 0.5) is 5.69 Å². The standard InChI is InChI=1S/C11H10N2O5/c14-8(6-9(15)16)10(11(17)18)13-12-7-4-2-1-3-5-7/h1-5,14H,6H2,(H,15,16)(H,17,18). The molecule has 7 nitrogen and oxygen atoms in total. The third kappa shape index (κ3) is 4.05. The average Bonchev–Trinajstić information content (AvgIpc) is 2.29. The van der Waals surface area contributed by atoms with Crippen molar-refractivity contribution in [2.24, 2.45) is 10.2 Å². The number of carbonyl (C=O) groups is 2. The molecule has 0 unspecified atom stereocenters. The summed E-state index contributed by atoms with van der Waals surface area (Å²) in [5, 5.41) is 33.4. The fraction of sp³-hybridized carbons (Fsp3) is 0.0909. The molecule has 0 aromatic heterocycles. The Hall–Kier alpha value is -2.70. The van der Waals surface area contributed by atoms with Crippen molar-refractivity contribution in [3.8, 4) is 0 Å². The molecule has 1 aromatic carbocycles. The summed E-state index contributed by atoms with van der Waals surface area (Å²) in [6, 6.07) is 8.26. The Morgan fingerprint density at radius 3 is 2.17 bits per heavy atom. The molecule has 1 rings (SSSR count). The molecular formula is C11H10N2O5. The molecule has 94 valence electrons. The lowest BCUT2D eigenvalue weighted by Gasteiger charge is -1.98. The number of hydrogen-bond donors (Lipinski definition) is 3. The molecule has 0 heterocycles. The van der Waals surface area contributed by atoms with Gasteiger partial charge in [-0.15, -0.1) is 5.11 Å². The Kier molecular flexibility index (Phi) is 4.56. The van der Waals surface area contributed by atoms with Gasteiger partial charge >= 0.3 is 11.9 Å². The van der Waals surface area contributed by atoms with Gasteiger partial charge in [0.1, 0.15) is 12.2 Å². The summed E-state index contributed by atoms with van der Waals surface area (Å²) in [6.07, 6.45) is -0.824. The summed E-state index contributed by atoms with van der Waals surface area (Å²) in [5.74, 6) is -3.76. The first-order valence-electron chi connectivity index (χ1n) is 4.84.